The number of aromatic nitrogens is 1. The van der Waals surface area contributed by atoms with Crippen molar-refractivity contribution < 1.29 is 23.7 Å². The summed E-state index contributed by atoms with van der Waals surface area (Å²) >= 11 is 1.18. The number of anilines is 3. The molecule has 0 saturated carbocycles. The van der Waals surface area contributed by atoms with Crippen molar-refractivity contribution in [3.63, 3.8) is 0 Å². The summed E-state index contributed by atoms with van der Waals surface area (Å²) in [6.07, 6.45) is 0. The highest BCUT2D eigenvalue weighted by Crippen LogP contribution is 2.36. The Labute approximate surface area is 171 Å². The van der Waals surface area contributed by atoms with Crippen LogP contribution in [-0.2, 0) is 0 Å². The van der Waals surface area contributed by atoms with Crippen molar-refractivity contribution in [1.82, 2.24) is 4.98 Å². The third-order valence-corrected chi connectivity index (χ3v) is 5.28. The van der Waals surface area contributed by atoms with Crippen LogP contribution in [0.25, 0.3) is 0 Å². The van der Waals surface area contributed by atoms with E-state index in [1.165, 1.54) is 25.6 Å². The number of hydrogen-bond donors (Lipinski definition) is 2. The number of ketones is 1. The van der Waals surface area contributed by atoms with Gasteiger partial charge in [-0.25, -0.2) is 4.98 Å². The molecular weight excluding hydrogens is 394 g/mol. The number of ether oxygens (including phenoxy) is 4. The number of benzene rings is 2. The monoisotopic (exact) mass is 413 g/mol. The SMILES string of the molecule is COc1ccc(C(=O)c2sc(Nc3ccc4c(c3)OCCO4)nc2N)cc1OC. The maximum atomic E-state index is 12.9. The second kappa shape index (κ2) is 7.88. The Hall–Kier alpha value is -3.46. The zero-order valence-electron chi connectivity index (χ0n) is 15.9. The lowest BCUT2D eigenvalue weighted by Gasteiger charge is -2.18. The van der Waals surface area contributed by atoms with Gasteiger partial charge in [-0.3, -0.25) is 4.79 Å². The molecule has 4 rings (SSSR count). The lowest BCUT2D eigenvalue weighted by atomic mass is 10.1. The molecule has 1 aromatic heterocycles. The van der Waals surface area contributed by atoms with Crippen molar-refractivity contribution >= 4 is 33.8 Å². The van der Waals surface area contributed by atoms with Gasteiger partial charge in [0.05, 0.1) is 14.2 Å². The number of hydrogen-bond acceptors (Lipinski definition) is 9. The van der Waals surface area contributed by atoms with E-state index in [9.17, 15) is 4.79 Å². The van der Waals surface area contributed by atoms with Crippen molar-refractivity contribution in [2.24, 2.45) is 0 Å². The minimum Gasteiger partial charge on any atom is -0.493 e. The van der Waals surface area contributed by atoms with Crippen LogP contribution in [0.1, 0.15) is 15.2 Å². The maximum absolute atomic E-state index is 12.9. The van der Waals surface area contributed by atoms with Crippen LogP contribution in [0, 0.1) is 0 Å². The highest BCUT2D eigenvalue weighted by Gasteiger charge is 2.20. The topological polar surface area (TPSA) is 105 Å². The van der Waals surface area contributed by atoms with E-state index in [0.717, 1.165) is 5.69 Å². The number of carbonyl (C=O) groups excluding carboxylic acids is 1. The lowest BCUT2D eigenvalue weighted by Crippen LogP contribution is -2.15. The van der Waals surface area contributed by atoms with Crippen LogP contribution in [0.15, 0.2) is 36.4 Å². The normalized spacial score (nSPS) is 12.3. The van der Waals surface area contributed by atoms with Crippen LogP contribution in [0.2, 0.25) is 0 Å². The molecule has 0 radical (unpaired) electrons. The molecule has 0 spiro atoms. The van der Waals surface area contributed by atoms with Gasteiger partial charge in [0.2, 0.25) is 5.78 Å². The molecule has 1 aliphatic heterocycles. The predicted octanol–water partition coefficient (Wildman–Crippen LogP) is 3.49. The third kappa shape index (κ3) is 3.77. The largest absolute Gasteiger partial charge is 0.493 e. The van der Waals surface area contributed by atoms with Crippen LogP contribution >= 0.6 is 11.3 Å². The second-order valence-corrected chi connectivity index (χ2v) is 7.11. The minimum absolute atomic E-state index is 0.162. The predicted molar refractivity (Wildman–Crippen MR) is 110 cm³/mol. The summed E-state index contributed by atoms with van der Waals surface area (Å²) < 4.78 is 21.6. The number of nitrogens with two attached hydrogens (primary N) is 1. The van der Waals surface area contributed by atoms with Gasteiger partial charge in [-0.15, -0.1) is 0 Å². The summed E-state index contributed by atoms with van der Waals surface area (Å²) in [5.41, 5.74) is 7.20. The van der Waals surface area contributed by atoms with Gasteiger partial charge in [0, 0.05) is 17.3 Å². The molecule has 3 aromatic rings. The molecular formula is C20H19N3O5S. The first-order valence-corrected chi connectivity index (χ1v) is 9.60. The smallest absolute Gasteiger partial charge is 0.206 e. The zero-order valence-corrected chi connectivity index (χ0v) is 16.7. The van der Waals surface area contributed by atoms with Gasteiger partial charge in [-0.05, 0) is 30.3 Å². The number of thiazole rings is 1. The van der Waals surface area contributed by atoms with Gasteiger partial charge in [-0.1, -0.05) is 11.3 Å². The molecule has 0 aliphatic carbocycles. The molecule has 0 fully saturated rings. The van der Waals surface area contributed by atoms with Gasteiger partial charge >= 0.3 is 0 Å². The fourth-order valence-electron chi connectivity index (χ4n) is 2.90. The zero-order chi connectivity index (χ0) is 20.4. The Morgan fingerprint density at radius 1 is 1.07 bits per heavy atom. The fourth-order valence-corrected chi connectivity index (χ4v) is 3.77. The summed E-state index contributed by atoms with van der Waals surface area (Å²) in [7, 11) is 3.05. The molecule has 0 bridgehead atoms. The van der Waals surface area contributed by atoms with Crippen LogP contribution in [-0.4, -0.2) is 38.2 Å². The molecule has 0 atom stereocenters. The van der Waals surface area contributed by atoms with Crippen LogP contribution in [0.5, 0.6) is 23.0 Å². The number of fused-ring (bicyclic) bond motifs is 1. The number of nitrogen functional groups attached to an aromatic ring is 1. The van der Waals surface area contributed by atoms with E-state index in [4.69, 9.17) is 24.7 Å². The number of rotatable bonds is 6. The first kappa shape index (κ1) is 18.9. The molecule has 2 heterocycles. The Balaban J connectivity index is 1.57. The van der Waals surface area contributed by atoms with E-state index >= 15 is 0 Å². The van der Waals surface area contributed by atoms with E-state index < -0.39 is 0 Å². The van der Waals surface area contributed by atoms with Crippen LogP contribution in [0.4, 0.5) is 16.6 Å². The van der Waals surface area contributed by atoms with Crippen molar-refractivity contribution in [1.29, 1.82) is 0 Å². The van der Waals surface area contributed by atoms with E-state index in [0.29, 0.717) is 51.8 Å². The van der Waals surface area contributed by atoms with Gasteiger partial charge in [0.1, 0.15) is 23.9 Å². The molecule has 150 valence electrons. The van der Waals surface area contributed by atoms with Gasteiger partial charge in [0.25, 0.3) is 0 Å². The average Bonchev–Trinajstić information content (AvgIpc) is 3.12. The minimum atomic E-state index is -0.240. The number of nitrogens with zero attached hydrogens (tertiary/aromatic N) is 1. The maximum Gasteiger partial charge on any atom is 0.206 e. The molecule has 0 saturated heterocycles. The summed E-state index contributed by atoms with van der Waals surface area (Å²) in [4.78, 5) is 17.5. The number of methoxy groups -OCH3 is 2. The lowest BCUT2D eigenvalue weighted by molar-refractivity contribution is 0.104. The van der Waals surface area contributed by atoms with E-state index in [1.807, 2.05) is 18.2 Å². The first-order valence-electron chi connectivity index (χ1n) is 8.78. The number of nitrogens with one attached hydrogen (secondary N) is 1. The summed E-state index contributed by atoms with van der Waals surface area (Å²) in [5, 5.41) is 3.66. The van der Waals surface area contributed by atoms with Crippen LogP contribution < -0.4 is 30.0 Å². The molecule has 8 nitrogen and oxygen atoms in total. The molecule has 29 heavy (non-hydrogen) atoms. The summed E-state index contributed by atoms with van der Waals surface area (Å²) in [5.74, 6) is 2.29. The van der Waals surface area contributed by atoms with E-state index in [2.05, 4.69) is 10.3 Å². The molecule has 9 heteroatoms. The van der Waals surface area contributed by atoms with Crippen molar-refractivity contribution in [2.45, 2.75) is 0 Å². The molecule has 1 aliphatic rings. The Morgan fingerprint density at radius 2 is 1.83 bits per heavy atom. The van der Waals surface area contributed by atoms with Crippen molar-refractivity contribution in [2.75, 3.05) is 38.5 Å². The Morgan fingerprint density at radius 3 is 2.59 bits per heavy atom. The molecule has 3 N–H and O–H groups in total. The van der Waals surface area contributed by atoms with Gasteiger partial charge < -0.3 is 30.0 Å². The van der Waals surface area contributed by atoms with Gasteiger partial charge in [0.15, 0.2) is 28.1 Å². The quantitative estimate of drug-likeness (QED) is 0.592. The van der Waals surface area contributed by atoms with E-state index in [1.54, 1.807) is 18.2 Å². The number of carbonyl (C=O) groups is 1. The van der Waals surface area contributed by atoms with Gasteiger partial charge in [-0.2, -0.15) is 0 Å². The molecule has 2 aromatic carbocycles. The van der Waals surface area contributed by atoms with Crippen molar-refractivity contribution in [3.8, 4) is 23.0 Å². The Kier molecular flexibility index (Phi) is 5.13. The summed E-state index contributed by atoms with van der Waals surface area (Å²) in [6.45, 7) is 1.04. The standard InChI is InChI=1S/C20H19N3O5S/c1-25-13-5-3-11(9-15(13)26-2)17(24)18-19(21)23-20(29-18)22-12-4-6-14-16(10-12)28-8-7-27-14/h3-6,9-10H,7-8,21H2,1-2H3,(H,22,23). The van der Waals surface area contributed by atoms with E-state index in [-0.39, 0.29) is 11.6 Å². The second-order valence-electron chi connectivity index (χ2n) is 6.12. The summed E-state index contributed by atoms with van der Waals surface area (Å²) in [6, 6.07) is 10.5. The first-order chi connectivity index (χ1) is 14.1. The third-order valence-electron chi connectivity index (χ3n) is 4.30. The highest BCUT2D eigenvalue weighted by atomic mass is 32.1. The van der Waals surface area contributed by atoms with Crippen LogP contribution in [0.3, 0.4) is 0 Å². The fraction of sp³-hybridized carbons (Fsp3) is 0.200. The van der Waals surface area contributed by atoms with Crippen molar-refractivity contribution in [3.05, 3.63) is 46.8 Å². The average molecular weight is 413 g/mol. The molecule has 0 amide bonds. The highest BCUT2D eigenvalue weighted by molar-refractivity contribution is 7.18. The Bertz CT molecular complexity index is 1070. The molecule has 0 unspecified atom stereocenters.